The van der Waals surface area contributed by atoms with E-state index in [0.717, 1.165) is 0 Å². The summed E-state index contributed by atoms with van der Waals surface area (Å²) in [5.41, 5.74) is 0.876. The standard InChI is InChI=1S/C15H24N4O4S/c1-12-13(16-11-17(2)15(12)21)10-14(20)19-6-4-18(5-7-19)8-9-24(3,22)23/h11H,4-10H2,1-3H3. The molecule has 0 radical (unpaired) electrons. The molecule has 1 aromatic rings. The summed E-state index contributed by atoms with van der Waals surface area (Å²) in [6.07, 6.45) is 2.78. The highest BCUT2D eigenvalue weighted by Gasteiger charge is 2.22. The summed E-state index contributed by atoms with van der Waals surface area (Å²) in [6.45, 7) is 4.62. The van der Waals surface area contributed by atoms with Gasteiger partial charge in [0.1, 0.15) is 9.84 Å². The van der Waals surface area contributed by atoms with Gasteiger partial charge in [-0.15, -0.1) is 0 Å². The first-order valence-corrected chi connectivity index (χ1v) is 9.92. The first-order valence-electron chi connectivity index (χ1n) is 7.86. The summed E-state index contributed by atoms with van der Waals surface area (Å²) >= 11 is 0. The number of amides is 1. The van der Waals surface area contributed by atoms with Crippen molar-refractivity contribution in [3.8, 4) is 0 Å². The van der Waals surface area contributed by atoms with Gasteiger partial charge in [-0.25, -0.2) is 13.4 Å². The van der Waals surface area contributed by atoms with E-state index in [9.17, 15) is 18.0 Å². The van der Waals surface area contributed by atoms with Crippen LogP contribution < -0.4 is 5.56 Å². The van der Waals surface area contributed by atoms with E-state index >= 15 is 0 Å². The van der Waals surface area contributed by atoms with Crippen molar-refractivity contribution >= 4 is 15.7 Å². The third-order valence-corrected chi connectivity index (χ3v) is 5.21. The summed E-state index contributed by atoms with van der Waals surface area (Å²) in [7, 11) is -1.34. The van der Waals surface area contributed by atoms with Crippen LogP contribution in [0.3, 0.4) is 0 Å². The molecule has 0 unspecified atom stereocenters. The highest BCUT2D eigenvalue weighted by Crippen LogP contribution is 2.07. The summed E-state index contributed by atoms with van der Waals surface area (Å²) in [6, 6.07) is 0. The van der Waals surface area contributed by atoms with Crippen molar-refractivity contribution in [3.63, 3.8) is 0 Å². The van der Waals surface area contributed by atoms with Crippen molar-refractivity contribution in [1.82, 2.24) is 19.4 Å². The molecular formula is C15H24N4O4S. The lowest BCUT2D eigenvalue weighted by molar-refractivity contribution is -0.132. The van der Waals surface area contributed by atoms with Crippen LogP contribution in [0, 0.1) is 6.92 Å². The van der Waals surface area contributed by atoms with Gasteiger partial charge in [0.25, 0.3) is 5.56 Å². The highest BCUT2D eigenvalue weighted by molar-refractivity contribution is 7.90. The summed E-state index contributed by atoms with van der Waals surface area (Å²) < 4.78 is 23.8. The quantitative estimate of drug-likeness (QED) is 0.659. The normalized spacial score (nSPS) is 16.4. The molecule has 8 nitrogen and oxygen atoms in total. The first-order chi connectivity index (χ1) is 11.2. The Balaban J connectivity index is 1.89. The topological polar surface area (TPSA) is 92.6 Å². The van der Waals surface area contributed by atoms with Crippen LogP contribution in [0.1, 0.15) is 11.3 Å². The van der Waals surface area contributed by atoms with Crippen LogP contribution in [0.15, 0.2) is 11.1 Å². The molecular weight excluding hydrogens is 332 g/mol. The van der Waals surface area contributed by atoms with Gasteiger partial charge in [0, 0.05) is 51.6 Å². The SMILES string of the molecule is Cc1c(CC(=O)N2CCN(CCS(C)(=O)=O)CC2)ncn(C)c1=O. The molecule has 2 rings (SSSR count). The number of hydrogen-bond donors (Lipinski definition) is 0. The van der Waals surface area contributed by atoms with E-state index in [2.05, 4.69) is 4.98 Å². The van der Waals surface area contributed by atoms with Crippen LogP contribution in [0.5, 0.6) is 0 Å². The first kappa shape index (κ1) is 18.6. The molecule has 1 aliphatic heterocycles. The Morgan fingerprint density at radius 3 is 2.46 bits per heavy atom. The highest BCUT2D eigenvalue weighted by atomic mass is 32.2. The lowest BCUT2D eigenvalue weighted by Gasteiger charge is -2.34. The van der Waals surface area contributed by atoms with Crippen LogP contribution >= 0.6 is 0 Å². The zero-order valence-corrected chi connectivity index (χ0v) is 15.2. The van der Waals surface area contributed by atoms with Crippen molar-refractivity contribution in [2.75, 3.05) is 44.7 Å². The van der Waals surface area contributed by atoms with E-state index in [-0.39, 0.29) is 23.6 Å². The minimum Gasteiger partial charge on any atom is -0.340 e. The molecule has 0 saturated carbocycles. The third kappa shape index (κ3) is 4.88. The maximum absolute atomic E-state index is 12.4. The fraction of sp³-hybridized carbons (Fsp3) is 0.667. The second-order valence-corrected chi connectivity index (χ2v) is 8.52. The van der Waals surface area contributed by atoms with E-state index in [4.69, 9.17) is 0 Å². The smallest absolute Gasteiger partial charge is 0.256 e. The predicted molar refractivity (Wildman–Crippen MR) is 90.6 cm³/mol. The Kier molecular flexibility index (Phi) is 5.76. The van der Waals surface area contributed by atoms with Crippen molar-refractivity contribution in [2.24, 2.45) is 7.05 Å². The van der Waals surface area contributed by atoms with E-state index in [1.165, 1.54) is 17.2 Å². The molecule has 1 aromatic heterocycles. The van der Waals surface area contributed by atoms with Crippen LogP contribution in [-0.4, -0.2) is 78.4 Å². The van der Waals surface area contributed by atoms with E-state index in [1.807, 2.05) is 4.90 Å². The molecule has 24 heavy (non-hydrogen) atoms. The molecule has 9 heteroatoms. The predicted octanol–water partition coefficient (Wildman–Crippen LogP) is -1.18. The number of carbonyl (C=O) groups excluding carboxylic acids is 1. The molecule has 1 aliphatic rings. The number of hydrogen-bond acceptors (Lipinski definition) is 6. The molecule has 0 aliphatic carbocycles. The number of aryl methyl sites for hydroxylation is 1. The Labute approximate surface area is 142 Å². The van der Waals surface area contributed by atoms with E-state index in [0.29, 0.717) is 44.0 Å². The van der Waals surface area contributed by atoms with Gasteiger partial charge in [0.05, 0.1) is 24.2 Å². The molecule has 2 heterocycles. The van der Waals surface area contributed by atoms with Crippen LogP contribution in [0.4, 0.5) is 0 Å². The lowest BCUT2D eigenvalue weighted by Crippen LogP contribution is -2.50. The Hall–Kier alpha value is -1.74. The van der Waals surface area contributed by atoms with Gasteiger partial charge in [-0.3, -0.25) is 14.5 Å². The van der Waals surface area contributed by atoms with Gasteiger partial charge in [-0.2, -0.15) is 0 Å². The van der Waals surface area contributed by atoms with Crippen molar-refractivity contribution in [1.29, 1.82) is 0 Å². The van der Waals surface area contributed by atoms with Gasteiger partial charge in [-0.1, -0.05) is 0 Å². The summed E-state index contributed by atoms with van der Waals surface area (Å²) in [5, 5.41) is 0. The molecule has 1 fully saturated rings. The largest absolute Gasteiger partial charge is 0.340 e. The van der Waals surface area contributed by atoms with Crippen molar-refractivity contribution in [2.45, 2.75) is 13.3 Å². The number of nitrogens with zero attached hydrogens (tertiary/aromatic N) is 4. The van der Waals surface area contributed by atoms with E-state index in [1.54, 1.807) is 18.9 Å². The van der Waals surface area contributed by atoms with E-state index < -0.39 is 9.84 Å². The number of sulfone groups is 1. The minimum atomic E-state index is -2.97. The Bertz CT molecular complexity index is 764. The van der Waals surface area contributed by atoms with Crippen molar-refractivity contribution < 1.29 is 13.2 Å². The molecule has 0 aromatic carbocycles. The number of aromatic nitrogens is 2. The molecule has 0 atom stereocenters. The van der Waals surface area contributed by atoms with Crippen LogP contribution in [0.2, 0.25) is 0 Å². The number of carbonyl (C=O) groups is 1. The van der Waals surface area contributed by atoms with Gasteiger partial charge < -0.3 is 9.47 Å². The minimum absolute atomic E-state index is 0.0541. The monoisotopic (exact) mass is 356 g/mol. The maximum atomic E-state index is 12.4. The average Bonchev–Trinajstić information content (AvgIpc) is 2.53. The molecule has 1 saturated heterocycles. The third-order valence-electron chi connectivity index (χ3n) is 4.28. The molecule has 0 bridgehead atoms. The number of piperazine rings is 1. The second kappa shape index (κ2) is 7.43. The molecule has 1 amide bonds. The van der Waals surface area contributed by atoms with Gasteiger partial charge >= 0.3 is 0 Å². The van der Waals surface area contributed by atoms with Crippen LogP contribution in [0.25, 0.3) is 0 Å². The maximum Gasteiger partial charge on any atom is 0.256 e. The molecule has 0 N–H and O–H groups in total. The second-order valence-electron chi connectivity index (χ2n) is 6.26. The molecule has 134 valence electrons. The zero-order chi connectivity index (χ0) is 17.9. The lowest BCUT2D eigenvalue weighted by atomic mass is 10.1. The van der Waals surface area contributed by atoms with Crippen LogP contribution in [-0.2, 0) is 28.1 Å². The molecule has 0 spiro atoms. The Morgan fingerprint density at radius 2 is 1.88 bits per heavy atom. The van der Waals surface area contributed by atoms with Gasteiger partial charge in [-0.05, 0) is 6.92 Å². The van der Waals surface area contributed by atoms with Gasteiger partial charge in [0.15, 0.2) is 0 Å². The van der Waals surface area contributed by atoms with Crippen molar-refractivity contribution in [3.05, 3.63) is 27.9 Å². The fourth-order valence-corrected chi connectivity index (χ4v) is 3.23. The Morgan fingerprint density at radius 1 is 1.25 bits per heavy atom. The fourth-order valence-electron chi connectivity index (χ4n) is 2.64. The van der Waals surface area contributed by atoms with Gasteiger partial charge in [0.2, 0.25) is 5.91 Å². The number of rotatable bonds is 5. The average molecular weight is 356 g/mol. The zero-order valence-electron chi connectivity index (χ0n) is 14.4. The summed E-state index contributed by atoms with van der Waals surface area (Å²) in [4.78, 5) is 32.3. The summed E-state index contributed by atoms with van der Waals surface area (Å²) in [5.74, 6) is 0.0822.